The first-order chi connectivity index (χ1) is 17.2. The predicted molar refractivity (Wildman–Crippen MR) is 127 cm³/mol. The number of aromatic nitrogens is 2. The molecule has 1 amide bonds. The number of benzene rings is 2. The summed E-state index contributed by atoms with van der Waals surface area (Å²) in [6.45, 7) is 1.42. The molecule has 2 saturated heterocycles. The molecule has 0 radical (unpaired) electrons. The molecule has 190 valence electrons. The highest BCUT2D eigenvalue weighted by Crippen LogP contribution is 2.39. The Bertz CT molecular complexity index is 1360. The van der Waals surface area contributed by atoms with E-state index in [1.165, 1.54) is 16.8 Å². The standard InChI is InChI=1S/C25H26F2N4O4S/c1-16-7-8-23(17-5-3-2-4-6-17)36(33,34)31(16)12-18-9-21(27)19(10-20(18)26)25(13-35-14-25)30-24(32)22-11-28-15-29-22/h2-6,9-11,15-16,23H,7-8,12-14H2,1H3,(H,28,29)(H,30,32)/t16-,23+/m0/s1. The second-order valence-electron chi connectivity index (χ2n) is 9.33. The third kappa shape index (κ3) is 4.31. The summed E-state index contributed by atoms with van der Waals surface area (Å²) in [6.07, 6.45) is 3.72. The van der Waals surface area contributed by atoms with Crippen molar-refractivity contribution in [1.82, 2.24) is 19.6 Å². The first-order valence-corrected chi connectivity index (χ1v) is 13.1. The van der Waals surface area contributed by atoms with Gasteiger partial charge in [-0.3, -0.25) is 4.79 Å². The molecule has 0 bridgehead atoms. The smallest absolute Gasteiger partial charge is 0.270 e. The van der Waals surface area contributed by atoms with Gasteiger partial charge in [0.05, 0.1) is 25.7 Å². The number of imidazole rings is 1. The van der Waals surface area contributed by atoms with Gasteiger partial charge < -0.3 is 15.0 Å². The van der Waals surface area contributed by atoms with Gasteiger partial charge in [0.1, 0.15) is 28.1 Å². The van der Waals surface area contributed by atoms with Crippen molar-refractivity contribution in [2.75, 3.05) is 13.2 Å². The fourth-order valence-corrected chi connectivity index (χ4v) is 7.05. The van der Waals surface area contributed by atoms with Crippen LogP contribution in [0, 0.1) is 11.6 Å². The van der Waals surface area contributed by atoms with Crippen molar-refractivity contribution in [3.8, 4) is 0 Å². The molecule has 8 nitrogen and oxygen atoms in total. The van der Waals surface area contributed by atoms with Gasteiger partial charge in [0, 0.05) is 23.7 Å². The van der Waals surface area contributed by atoms with Crippen LogP contribution in [0.4, 0.5) is 8.78 Å². The Hall–Kier alpha value is -3.15. The zero-order valence-corrected chi connectivity index (χ0v) is 20.4. The van der Waals surface area contributed by atoms with E-state index >= 15 is 8.78 Å². The van der Waals surface area contributed by atoms with E-state index in [-0.39, 0.29) is 42.6 Å². The zero-order valence-electron chi connectivity index (χ0n) is 19.6. The summed E-state index contributed by atoms with van der Waals surface area (Å²) in [5.41, 5.74) is -0.517. The van der Waals surface area contributed by atoms with Crippen molar-refractivity contribution in [1.29, 1.82) is 0 Å². The Morgan fingerprint density at radius 2 is 1.94 bits per heavy atom. The molecule has 1 aromatic heterocycles. The molecule has 2 atom stereocenters. The lowest BCUT2D eigenvalue weighted by Gasteiger charge is -2.42. The minimum atomic E-state index is -3.81. The number of halogens is 2. The number of rotatable bonds is 6. The maximum atomic E-state index is 15.4. The molecule has 2 N–H and O–H groups in total. The van der Waals surface area contributed by atoms with Crippen LogP contribution in [0.1, 0.15) is 52.2 Å². The number of ether oxygens (including phenoxy) is 1. The zero-order chi connectivity index (χ0) is 25.5. The molecule has 5 rings (SSSR count). The van der Waals surface area contributed by atoms with Gasteiger partial charge in [-0.05, 0) is 37.5 Å². The van der Waals surface area contributed by atoms with E-state index in [1.54, 1.807) is 31.2 Å². The number of sulfonamides is 1. The number of carbonyl (C=O) groups is 1. The molecule has 0 spiro atoms. The van der Waals surface area contributed by atoms with Crippen LogP contribution in [-0.2, 0) is 26.8 Å². The molecule has 3 aromatic rings. The molecular weight excluding hydrogens is 490 g/mol. The van der Waals surface area contributed by atoms with Crippen LogP contribution in [0.3, 0.4) is 0 Å². The molecule has 2 fully saturated rings. The maximum Gasteiger partial charge on any atom is 0.270 e. The van der Waals surface area contributed by atoms with Crippen molar-refractivity contribution < 1.29 is 26.7 Å². The first-order valence-electron chi connectivity index (χ1n) is 11.6. The van der Waals surface area contributed by atoms with Gasteiger partial charge >= 0.3 is 0 Å². The average Bonchev–Trinajstić information content (AvgIpc) is 3.37. The third-order valence-electron chi connectivity index (χ3n) is 6.97. The van der Waals surface area contributed by atoms with Crippen LogP contribution in [0.5, 0.6) is 0 Å². The molecule has 2 aliphatic heterocycles. The molecule has 2 aliphatic rings. The van der Waals surface area contributed by atoms with E-state index < -0.39 is 38.4 Å². The Kier molecular flexibility index (Phi) is 6.39. The van der Waals surface area contributed by atoms with Crippen LogP contribution < -0.4 is 5.32 Å². The number of nitrogens with one attached hydrogen (secondary N) is 2. The number of carbonyl (C=O) groups excluding carboxylic acids is 1. The lowest BCUT2D eigenvalue weighted by molar-refractivity contribution is -0.0751. The monoisotopic (exact) mass is 516 g/mol. The van der Waals surface area contributed by atoms with Gasteiger partial charge in [0.25, 0.3) is 5.91 Å². The number of nitrogens with zero attached hydrogens (tertiary/aromatic N) is 2. The molecule has 0 unspecified atom stereocenters. The van der Waals surface area contributed by atoms with Crippen molar-refractivity contribution in [2.24, 2.45) is 0 Å². The van der Waals surface area contributed by atoms with E-state index in [2.05, 4.69) is 15.3 Å². The SMILES string of the molecule is C[C@H]1CC[C@H](c2ccccc2)S(=O)(=O)N1Cc1cc(F)c(C2(NC(=O)c3cnc[nH]3)COC2)cc1F. The Balaban J connectivity index is 1.42. The van der Waals surface area contributed by atoms with Crippen LogP contribution in [0.2, 0.25) is 0 Å². The first kappa shape index (κ1) is 24.5. The van der Waals surface area contributed by atoms with Crippen LogP contribution in [0.15, 0.2) is 55.0 Å². The highest BCUT2D eigenvalue weighted by atomic mass is 32.2. The fourth-order valence-electron chi connectivity index (χ4n) is 4.86. The lowest BCUT2D eigenvalue weighted by Crippen LogP contribution is -2.60. The molecule has 36 heavy (non-hydrogen) atoms. The summed E-state index contributed by atoms with van der Waals surface area (Å²) in [5, 5.41) is 1.97. The third-order valence-corrected chi connectivity index (χ3v) is 9.34. The van der Waals surface area contributed by atoms with Gasteiger partial charge in [0.2, 0.25) is 10.0 Å². The summed E-state index contributed by atoms with van der Waals surface area (Å²) in [7, 11) is -3.81. The summed E-state index contributed by atoms with van der Waals surface area (Å²) in [6, 6.07) is 10.6. The molecule has 2 aromatic carbocycles. The van der Waals surface area contributed by atoms with Gasteiger partial charge in [0.15, 0.2) is 0 Å². The van der Waals surface area contributed by atoms with Crippen molar-refractivity contribution in [3.05, 3.63) is 89.0 Å². The largest absolute Gasteiger partial charge is 0.376 e. The molecule has 11 heteroatoms. The summed E-state index contributed by atoms with van der Waals surface area (Å²) >= 11 is 0. The quantitative estimate of drug-likeness (QED) is 0.523. The van der Waals surface area contributed by atoms with E-state index in [0.29, 0.717) is 18.4 Å². The average molecular weight is 517 g/mol. The van der Waals surface area contributed by atoms with Gasteiger partial charge in [-0.25, -0.2) is 22.2 Å². The predicted octanol–water partition coefficient (Wildman–Crippen LogP) is 3.40. The van der Waals surface area contributed by atoms with Crippen LogP contribution in [-0.4, -0.2) is 47.9 Å². The molecular formula is C25H26F2N4O4S. The number of amides is 1. The van der Waals surface area contributed by atoms with Crippen LogP contribution in [0.25, 0.3) is 0 Å². The molecule has 0 aliphatic carbocycles. The second kappa shape index (κ2) is 9.38. The molecule has 0 saturated carbocycles. The second-order valence-corrected chi connectivity index (χ2v) is 11.4. The van der Waals surface area contributed by atoms with Crippen LogP contribution >= 0.6 is 0 Å². The topological polar surface area (TPSA) is 104 Å². The van der Waals surface area contributed by atoms with E-state index in [0.717, 1.165) is 12.1 Å². The van der Waals surface area contributed by atoms with Gasteiger partial charge in [-0.15, -0.1) is 0 Å². The number of H-pyrrole nitrogens is 1. The van der Waals surface area contributed by atoms with E-state index in [9.17, 15) is 13.2 Å². The van der Waals surface area contributed by atoms with Crippen molar-refractivity contribution >= 4 is 15.9 Å². The highest BCUT2D eigenvalue weighted by molar-refractivity contribution is 7.89. The minimum absolute atomic E-state index is 0.0289. The number of aromatic amines is 1. The van der Waals surface area contributed by atoms with Gasteiger partial charge in [-0.2, -0.15) is 4.31 Å². The Labute approximate surface area is 207 Å². The van der Waals surface area contributed by atoms with E-state index in [4.69, 9.17) is 4.74 Å². The van der Waals surface area contributed by atoms with E-state index in [1.807, 2.05) is 6.07 Å². The number of hydrogen-bond donors (Lipinski definition) is 2. The summed E-state index contributed by atoms with van der Waals surface area (Å²) in [4.78, 5) is 19.0. The summed E-state index contributed by atoms with van der Waals surface area (Å²) in [5.74, 6) is -2.03. The maximum absolute atomic E-state index is 15.4. The molecule has 3 heterocycles. The summed E-state index contributed by atoms with van der Waals surface area (Å²) < 4.78 is 64.1. The fraction of sp³-hybridized carbons (Fsp3) is 0.360. The minimum Gasteiger partial charge on any atom is -0.376 e. The Morgan fingerprint density at radius 1 is 1.19 bits per heavy atom. The van der Waals surface area contributed by atoms with Crippen molar-refractivity contribution in [3.63, 3.8) is 0 Å². The normalized spacial score (nSPS) is 23.1. The number of hydrogen-bond acceptors (Lipinski definition) is 5. The lowest BCUT2D eigenvalue weighted by atomic mass is 9.86. The van der Waals surface area contributed by atoms with Gasteiger partial charge in [-0.1, -0.05) is 30.3 Å². The van der Waals surface area contributed by atoms with Crippen molar-refractivity contribution in [2.45, 2.75) is 43.1 Å². The highest BCUT2D eigenvalue weighted by Gasteiger charge is 2.45. The Morgan fingerprint density at radius 3 is 2.58 bits per heavy atom.